The highest BCUT2D eigenvalue weighted by molar-refractivity contribution is 7.08. The second kappa shape index (κ2) is 4.23. The summed E-state index contributed by atoms with van der Waals surface area (Å²) in [5, 5.41) is 12.0. The lowest BCUT2D eigenvalue weighted by Crippen LogP contribution is -1.39. The van der Waals surface area contributed by atoms with Gasteiger partial charge < -0.3 is 5.11 Å². The van der Waals surface area contributed by atoms with E-state index in [9.17, 15) is 0 Å². The third kappa shape index (κ3) is 2.27. The van der Waals surface area contributed by atoms with Gasteiger partial charge in [-0.2, -0.15) is 0 Å². The zero-order valence-corrected chi connectivity index (χ0v) is 5.06. The molecule has 0 saturated heterocycles. The Morgan fingerprint density at radius 2 is 2.12 bits per heavy atom. The Labute approximate surface area is 52.6 Å². The van der Waals surface area contributed by atoms with Crippen LogP contribution in [0.4, 0.5) is 0 Å². The van der Waals surface area contributed by atoms with Gasteiger partial charge in [0.05, 0.1) is 0 Å². The van der Waals surface area contributed by atoms with E-state index in [-0.39, 0.29) is 0 Å². The van der Waals surface area contributed by atoms with Crippen molar-refractivity contribution < 1.29 is 5.11 Å². The molecule has 0 aromatic carbocycles. The summed E-state index contributed by atoms with van der Waals surface area (Å²) >= 11 is 1.49. The molecule has 0 aliphatic rings. The maximum absolute atomic E-state index is 8.48. The van der Waals surface area contributed by atoms with Crippen LogP contribution >= 0.6 is 11.3 Å². The molecule has 0 radical (unpaired) electrons. The number of aromatic hydroxyl groups is 1. The van der Waals surface area contributed by atoms with E-state index >= 15 is 0 Å². The Balaban J connectivity index is 0.000000222. The fourth-order valence-electron chi connectivity index (χ4n) is 0.257. The van der Waals surface area contributed by atoms with Gasteiger partial charge in [0.1, 0.15) is 5.75 Å². The van der Waals surface area contributed by atoms with Crippen LogP contribution in [-0.2, 0) is 0 Å². The summed E-state index contributed by atoms with van der Waals surface area (Å²) < 4.78 is 0. The summed E-state index contributed by atoms with van der Waals surface area (Å²) in [6.07, 6.45) is 8.00. The lowest BCUT2D eigenvalue weighted by atomic mass is 10.6. The Kier molecular flexibility index (Phi) is 3.73. The van der Waals surface area contributed by atoms with Crippen molar-refractivity contribution in [1.29, 1.82) is 0 Å². The van der Waals surface area contributed by atoms with Crippen molar-refractivity contribution >= 4 is 11.3 Å². The van der Waals surface area contributed by atoms with E-state index in [0.717, 1.165) is 0 Å². The summed E-state index contributed by atoms with van der Waals surface area (Å²) in [7, 11) is 0. The molecule has 1 heterocycles. The van der Waals surface area contributed by atoms with Crippen LogP contribution in [0, 0.1) is 12.8 Å². The fraction of sp³-hybridized carbons (Fsp3) is 0. The minimum absolute atomic E-state index is 0.361. The predicted molar refractivity (Wildman–Crippen MR) is 35.9 cm³/mol. The molecular weight excluding hydrogens is 120 g/mol. The van der Waals surface area contributed by atoms with Gasteiger partial charge in [-0.05, 0) is 11.4 Å². The van der Waals surface area contributed by atoms with Gasteiger partial charge in [0.25, 0.3) is 0 Å². The van der Waals surface area contributed by atoms with E-state index in [2.05, 4.69) is 12.8 Å². The van der Waals surface area contributed by atoms with Crippen LogP contribution < -0.4 is 0 Å². The van der Waals surface area contributed by atoms with Crippen LogP contribution in [0.15, 0.2) is 16.8 Å². The summed E-state index contributed by atoms with van der Waals surface area (Å²) in [4.78, 5) is 0. The van der Waals surface area contributed by atoms with Crippen LogP contribution in [0.1, 0.15) is 0 Å². The molecule has 0 amide bonds. The Morgan fingerprint density at radius 1 is 1.50 bits per heavy atom. The first-order chi connectivity index (χ1) is 3.89. The van der Waals surface area contributed by atoms with Crippen molar-refractivity contribution in [2.45, 2.75) is 0 Å². The SMILES string of the molecule is C#C.Oc1ccsc1. The lowest BCUT2D eigenvalue weighted by molar-refractivity contribution is 0.478. The van der Waals surface area contributed by atoms with Gasteiger partial charge in [-0.15, -0.1) is 24.2 Å². The number of terminal acetylenes is 1. The van der Waals surface area contributed by atoms with Gasteiger partial charge in [0, 0.05) is 5.38 Å². The maximum Gasteiger partial charge on any atom is 0.126 e. The highest BCUT2D eigenvalue weighted by atomic mass is 32.1. The predicted octanol–water partition coefficient (Wildman–Crippen LogP) is 1.70. The second-order valence-corrected chi connectivity index (χ2v) is 1.76. The summed E-state index contributed by atoms with van der Waals surface area (Å²) in [5.74, 6) is 0.361. The average Bonchev–Trinajstić information content (AvgIpc) is 2.24. The van der Waals surface area contributed by atoms with E-state index in [0.29, 0.717) is 5.75 Å². The first-order valence-electron chi connectivity index (χ1n) is 1.94. The highest BCUT2D eigenvalue weighted by Crippen LogP contribution is 2.10. The van der Waals surface area contributed by atoms with Gasteiger partial charge in [0.2, 0.25) is 0 Å². The Morgan fingerprint density at radius 3 is 2.25 bits per heavy atom. The Bertz CT molecular complexity index is 141. The molecule has 0 aliphatic carbocycles. The molecule has 2 heteroatoms. The quantitative estimate of drug-likeness (QED) is 0.524. The van der Waals surface area contributed by atoms with Crippen LogP contribution in [-0.4, -0.2) is 5.11 Å². The van der Waals surface area contributed by atoms with E-state index in [1.54, 1.807) is 11.4 Å². The van der Waals surface area contributed by atoms with Crippen LogP contribution in [0.3, 0.4) is 0 Å². The number of hydrogen-bond acceptors (Lipinski definition) is 2. The van der Waals surface area contributed by atoms with Crippen molar-refractivity contribution in [3.8, 4) is 18.6 Å². The standard InChI is InChI=1S/C4H4OS.C2H2/c5-4-1-2-6-3-4;1-2/h1-3,5H;1-2H. The third-order valence-electron chi connectivity index (χ3n) is 0.506. The molecule has 1 nitrogen and oxygen atoms in total. The normalized spacial score (nSPS) is 6.75. The van der Waals surface area contributed by atoms with E-state index in [1.165, 1.54) is 11.3 Å². The van der Waals surface area contributed by atoms with Crippen LogP contribution in [0.2, 0.25) is 0 Å². The van der Waals surface area contributed by atoms with Gasteiger partial charge >= 0.3 is 0 Å². The van der Waals surface area contributed by atoms with Crippen LogP contribution in [0.25, 0.3) is 0 Å². The molecule has 1 aromatic rings. The average molecular weight is 126 g/mol. The van der Waals surface area contributed by atoms with Crippen molar-refractivity contribution in [2.75, 3.05) is 0 Å². The molecule has 0 fully saturated rings. The smallest absolute Gasteiger partial charge is 0.126 e. The molecule has 1 N–H and O–H groups in total. The van der Waals surface area contributed by atoms with Gasteiger partial charge in [0.15, 0.2) is 0 Å². The monoisotopic (exact) mass is 126 g/mol. The van der Waals surface area contributed by atoms with Crippen molar-refractivity contribution in [2.24, 2.45) is 0 Å². The van der Waals surface area contributed by atoms with Crippen molar-refractivity contribution in [3.63, 3.8) is 0 Å². The first-order valence-corrected chi connectivity index (χ1v) is 2.88. The lowest BCUT2D eigenvalue weighted by Gasteiger charge is -1.67. The zero-order chi connectivity index (χ0) is 6.41. The fourth-order valence-corrected chi connectivity index (χ4v) is 0.772. The minimum Gasteiger partial charge on any atom is -0.507 e. The molecule has 8 heavy (non-hydrogen) atoms. The minimum atomic E-state index is 0.361. The van der Waals surface area contributed by atoms with E-state index in [1.807, 2.05) is 5.38 Å². The first kappa shape index (κ1) is 7.06. The molecule has 0 spiro atoms. The maximum atomic E-state index is 8.48. The summed E-state index contributed by atoms with van der Waals surface area (Å²) in [6.45, 7) is 0. The molecule has 42 valence electrons. The topological polar surface area (TPSA) is 20.2 Å². The van der Waals surface area contributed by atoms with Crippen LogP contribution in [0.5, 0.6) is 5.75 Å². The highest BCUT2D eigenvalue weighted by Gasteiger charge is 1.77. The summed E-state index contributed by atoms with van der Waals surface area (Å²) in [5.41, 5.74) is 0. The summed E-state index contributed by atoms with van der Waals surface area (Å²) in [6, 6.07) is 1.66. The molecule has 0 bridgehead atoms. The molecular formula is C6H6OS. The number of rotatable bonds is 0. The molecule has 0 aliphatic heterocycles. The molecule has 0 atom stereocenters. The molecule has 1 aromatic heterocycles. The number of hydrogen-bond donors (Lipinski definition) is 1. The molecule has 0 unspecified atom stereocenters. The molecule has 1 rings (SSSR count). The number of thiophene rings is 1. The van der Waals surface area contributed by atoms with Gasteiger partial charge in [-0.25, -0.2) is 0 Å². The van der Waals surface area contributed by atoms with Crippen molar-refractivity contribution in [1.82, 2.24) is 0 Å². The van der Waals surface area contributed by atoms with Gasteiger partial charge in [-0.1, -0.05) is 0 Å². The van der Waals surface area contributed by atoms with Crippen molar-refractivity contribution in [3.05, 3.63) is 16.8 Å². The Hall–Kier alpha value is -0.940. The zero-order valence-electron chi connectivity index (χ0n) is 4.24. The van der Waals surface area contributed by atoms with E-state index < -0.39 is 0 Å². The van der Waals surface area contributed by atoms with E-state index in [4.69, 9.17) is 5.11 Å². The second-order valence-electron chi connectivity index (χ2n) is 0.982. The van der Waals surface area contributed by atoms with Gasteiger partial charge in [-0.3, -0.25) is 0 Å². The molecule has 0 saturated carbocycles. The third-order valence-corrected chi connectivity index (χ3v) is 1.18. The largest absolute Gasteiger partial charge is 0.507 e.